The largest absolute Gasteiger partial charge is 0.351 e. The van der Waals surface area contributed by atoms with Gasteiger partial charge in [-0.2, -0.15) is 0 Å². The van der Waals surface area contributed by atoms with Gasteiger partial charge in [0.1, 0.15) is 5.82 Å². The summed E-state index contributed by atoms with van der Waals surface area (Å²) in [6.45, 7) is 5.18. The number of alkyl halides is 1. The highest BCUT2D eigenvalue weighted by molar-refractivity contribution is 6.21. The standard InChI is InChI=1S/C11H16ClN3/c1-8-11(14-6-5-13-8)15-7-3-4-10(12)9(15)2/h5-6,9-10H,3-4,7H2,1-2H3. The molecule has 0 aromatic carbocycles. The van der Waals surface area contributed by atoms with Crippen molar-refractivity contribution in [3.05, 3.63) is 18.1 Å². The van der Waals surface area contributed by atoms with Gasteiger partial charge in [0.15, 0.2) is 0 Å². The summed E-state index contributed by atoms with van der Waals surface area (Å²) in [6, 6.07) is 0.343. The van der Waals surface area contributed by atoms with Crippen molar-refractivity contribution >= 4 is 17.4 Å². The summed E-state index contributed by atoms with van der Waals surface area (Å²) in [4.78, 5) is 10.9. The van der Waals surface area contributed by atoms with Crippen molar-refractivity contribution in [2.75, 3.05) is 11.4 Å². The minimum Gasteiger partial charge on any atom is -0.351 e. The van der Waals surface area contributed by atoms with Gasteiger partial charge in [0.05, 0.1) is 11.1 Å². The third-order valence-electron chi connectivity index (χ3n) is 3.02. The van der Waals surface area contributed by atoms with E-state index >= 15 is 0 Å². The zero-order valence-corrected chi connectivity index (χ0v) is 9.91. The molecule has 0 saturated carbocycles. The lowest BCUT2D eigenvalue weighted by molar-refractivity contribution is 0.487. The van der Waals surface area contributed by atoms with Gasteiger partial charge >= 0.3 is 0 Å². The zero-order chi connectivity index (χ0) is 10.8. The lowest BCUT2D eigenvalue weighted by atomic mass is 10.0. The summed E-state index contributed by atoms with van der Waals surface area (Å²) in [5.74, 6) is 0.982. The van der Waals surface area contributed by atoms with E-state index in [9.17, 15) is 0 Å². The molecule has 82 valence electrons. The zero-order valence-electron chi connectivity index (χ0n) is 9.15. The first-order valence-electron chi connectivity index (χ1n) is 5.38. The lowest BCUT2D eigenvalue weighted by Gasteiger charge is -2.37. The van der Waals surface area contributed by atoms with Crippen molar-refractivity contribution in [2.45, 2.75) is 38.1 Å². The molecule has 1 aliphatic rings. The van der Waals surface area contributed by atoms with E-state index in [1.807, 2.05) is 6.92 Å². The van der Waals surface area contributed by atoms with Crippen LogP contribution in [0.4, 0.5) is 5.82 Å². The summed E-state index contributed by atoms with van der Waals surface area (Å²) >= 11 is 6.27. The van der Waals surface area contributed by atoms with Crippen LogP contribution in [0.25, 0.3) is 0 Å². The fourth-order valence-electron chi connectivity index (χ4n) is 2.08. The van der Waals surface area contributed by atoms with Crippen LogP contribution in [0.3, 0.4) is 0 Å². The molecule has 2 heterocycles. The smallest absolute Gasteiger partial charge is 0.150 e. The number of nitrogens with zero attached hydrogens (tertiary/aromatic N) is 3. The Morgan fingerprint density at radius 2 is 2.13 bits per heavy atom. The molecule has 2 atom stereocenters. The van der Waals surface area contributed by atoms with Crippen molar-refractivity contribution in [1.29, 1.82) is 0 Å². The van der Waals surface area contributed by atoms with E-state index < -0.39 is 0 Å². The van der Waals surface area contributed by atoms with Gasteiger partial charge in [-0.15, -0.1) is 11.6 Å². The van der Waals surface area contributed by atoms with E-state index in [4.69, 9.17) is 11.6 Å². The fraction of sp³-hybridized carbons (Fsp3) is 0.636. The Kier molecular flexibility index (Phi) is 3.10. The van der Waals surface area contributed by atoms with Crippen LogP contribution in [0.1, 0.15) is 25.5 Å². The van der Waals surface area contributed by atoms with Crippen LogP contribution in [-0.4, -0.2) is 27.9 Å². The van der Waals surface area contributed by atoms with Gasteiger partial charge in [-0.1, -0.05) is 0 Å². The van der Waals surface area contributed by atoms with Crippen LogP contribution < -0.4 is 4.90 Å². The Morgan fingerprint density at radius 1 is 1.40 bits per heavy atom. The number of aryl methyl sites for hydroxylation is 1. The molecule has 2 rings (SSSR count). The summed E-state index contributed by atoms with van der Waals surface area (Å²) in [5, 5.41) is 0.222. The molecule has 0 radical (unpaired) electrons. The van der Waals surface area contributed by atoms with E-state index in [-0.39, 0.29) is 5.38 Å². The molecule has 0 bridgehead atoms. The van der Waals surface area contributed by atoms with Gasteiger partial charge in [-0.05, 0) is 26.7 Å². The number of rotatable bonds is 1. The monoisotopic (exact) mass is 225 g/mol. The lowest BCUT2D eigenvalue weighted by Crippen LogP contribution is -2.45. The van der Waals surface area contributed by atoms with Gasteiger partial charge in [-0.3, -0.25) is 4.98 Å². The average molecular weight is 226 g/mol. The quantitative estimate of drug-likeness (QED) is 0.688. The minimum absolute atomic E-state index is 0.222. The molecule has 15 heavy (non-hydrogen) atoms. The Balaban J connectivity index is 2.26. The van der Waals surface area contributed by atoms with E-state index in [0.29, 0.717) is 6.04 Å². The first-order chi connectivity index (χ1) is 7.20. The number of aromatic nitrogens is 2. The SMILES string of the molecule is Cc1nccnc1N1CCCC(Cl)C1C. The number of halogens is 1. The van der Waals surface area contributed by atoms with Crippen LogP contribution in [0.5, 0.6) is 0 Å². The third-order valence-corrected chi connectivity index (χ3v) is 3.60. The number of hydrogen-bond donors (Lipinski definition) is 0. The van der Waals surface area contributed by atoms with E-state index in [2.05, 4.69) is 21.8 Å². The maximum Gasteiger partial charge on any atom is 0.150 e. The maximum atomic E-state index is 6.27. The normalized spacial score (nSPS) is 26.7. The van der Waals surface area contributed by atoms with Crippen molar-refractivity contribution in [1.82, 2.24) is 9.97 Å². The molecule has 0 amide bonds. The second-order valence-corrected chi connectivity index (χ2v) is 4.62. The van der Waals surface area contributed by atoms with E-state index in [1.54, 1.807) is 12.4 Å². The minimum atomic E-state index is 0.222. The van der Waals surface area contributed by atoms with Crippen LogP contribution >= 0.6 is 11.6 Å². The Bertz CT molecular complexity index is 342. The van der Waals surface area contributed by atoms with Gasteiger partial charge in [0.25, 0.3) is 0 Å². The number of piperidine rings is 1. The van der Waals surface area contributed by atoms with Gasteiger partial charge in [-0.25, -0.2) is 4.98 Å². The van der Waals surface area contributed by atoms with Gasteiger partial charge in [0.2, 0.25) is 0 Å². The van der Waals surface area contributed by atoms with Crippen molar-refractivity contribution < 1.29 is 0 Å². The van der Waals surface area contributed by atoms with Gasteiger partial charge in [0, 0.05) is 25.0 Å². The van der Waals surface area contributed by atoms with Crippen molar-refractivity contribution in [3.8, 4) is 0 Å². The van der Waals surface area contributed by atoms with E-state index in [1.165, 1.54) is 0 Å². The average Bonchev–Trinajstić information content (AvgIpc) is 2.23. The second kappa shape index (κ2) is 4.35. The summed E-state index contributed by atoms with van der Waals surface area (Å²) in [5.41, 5.74) is 0.982. The van der Waals surface area contributed by atoms with Crippen LogP contribution in [0.15, 0.2) is 12.4 Å². The van der Waals surface area contributed by atoms with Crippen molar-refractivity contribution in [2.24, 2.45) is 0 Å². The molecule has 1 saturated heterocycles. The summed E-state index contributed by atoms with van der Waals surface area (Å²) in [6.07, 6.45) is 5.70. The molecular weight excluding hydrogens is 210 g/mol. The molecule has 0 aliphatic carbocycles. The molecule has 0 N–H and O–H groups in total. The molecule has 1 aliphatic heterocycles. The maximum absolute atomic E-state index is 6.27. The number of anilines is 1. The summed E-state index contributed by atoms with van der Waals surface area (Å²) < 4.78 is 0. The first kappa shape index (κ1) is 10.7. The predicted molar refractivity (Wildman–Crippen MR) is 62.5 cm³/mol. The molecule has 4 heteroatoms. The molecular formula is C11H16ClN3. The predicted octanol–water partition coefficient (Wildman–Crippen LogP) is 2.38. The highest BCUT2D eigenvalue weighted by atomic mass is 35.5. The topological polar surface area (TPSA) is 29.0 Å². The molecule has 1 aromatic rings. The highest BCUT2D eigenvalue weighted by Gasteiger charge is 2.28. The molecule has 3 nitrogen and oxygen atoms in total. The Labute approximate surface area is 95.5 Å². The fourth-order valence-corrected chi connectivity index (χ4v) is 2.37. The van der Waals surface area contributed by atoms with E-state index in [0.717, 1.165) is 30.9 Å². The van der Waals surface area contributed by atoms with Gasteiger partial charge < -0.3 is 4.90 Å². The number of hydrogen-bond acceptors (Lipinski definition) is 3. The van der Waals surface area contributed by atoms with Crippen LogP contribution in [0.2, 0.25) is 0 Å². The summed E-state index contributed by atoms with van der Waals surface area (Å²) in [7, 11) is 0. The van der Waals surface area contributed by atoms with Crippen LogP contribution in [-0.2, 0) is 0 Å². The first-order valence-corrected chi connectivity index (χ1v) is 5.82. The Morgan fingerprint density at radius 3 is 2.87 bits per heavy atom. The molecule has 1 aromatic heterocycles. The molecule has 2 unspecified atom stereocenters. The highest BCUT2D eigenvalue weighted by Crippen LogP contribution is 2.27. The third kappa shape index (κ3) is 2.07. The second-order valence-electron chi connectivity index (χ2n) is 4.06. The Hall–Kier alpha value is -0.830. The molecule has 1 fully saturated rings. The molecule has 0 spiro atoms. The van der Waals surface area contributed by atoms with Crippen LogP contribution in [0, 0.1) is 6.92 Å². The van der Waals surface area contributed by atoms with Crippen molar-refractivity contribution in [3.63, 3.8) is 0 Å².